The fourth-order valence-corrected chi connectivity index (χ4v) is 3.06. The number of piperazine rings is 1. The van der Waals surface area contributed by atoms with Crippen LogP contribution in [0.4, 0.5) is 21.9 Å². The van der Waals surface area contributed by atoms with E-state index in [0.29, 0.717) is 48.1 Å². The molecule has 1 aliphatic rings. The highest BCUT2D eigenvalue weighted by molar-refractivity contribution is 6.30. The summed E-state index contributed by atoms with van der Waals surface area (Å²) in [7, 11) is 0. The molecule has 0 unspecified atom stereocenters. The summed E-state index contributed by atoms with van der Waals surface area (Å²) in [4.78, 5) is 26.7. The molecule has 0 aromatic heterocycles. The Bertz CT molecular complexity index is 902. The van der Waals surface area contributed by atoms with Gasteiger partial charge in [-0.05, 0) is 36.4 Å². The molecule has 3 rings (SSSR count). The van der Waals surface area contributed by atoms with Gasteiger partial charge in [0.25, 0.3) is 5.69 Å². The number of urea groups is 1. The Morgan fingerprint density at radius 2 is 1.81 bits per heavy atom. The number of rotatable bonds is 3. The average molecular weight is 386 g/mol. The fraction of sp³-hybridized carbons (Fsp3) is 0.222. The summed E-state index contributed by atoms with van der Waals surface area (Å²) in [5.74, 6) is 0. The van der Waals surface area contributed by atoms with Crippen LogP contribution in [0.25, 0.3) is 0 Å². The van der Waals surface area contributed by atoms with Crippen LogP contribution in [0.1, 0.15) is 5.56 Å². The molecular weight excluding hydrogens is 370 g/mol. The first kappa shape index (κ1) is 18.5. The van der Waals surface area contributed by atoms with Crippen molar-refractivity contribution in [2.45, 2.75) is 0 Å². The number of anilines is 2. The lowest BCUT2D eigenvalue weighted by molar-refractivity contribution is -0.384. The maximum absolute atomic E-state index is 12.4. The molecule has 0 spiro atoms. The zero-order valence-electron chi connectivity index (χ0n) is 14.3. The topological polar surface area (TPSA) is 103 Å². The highest BCUT2D eigenvalue weighted by Gasteiger charge is 2.26. The Morgan fingerprint density at radius 3 is 2.41 bits per heavy atom. The summed E-state index contributed by atoms with van der Waals surface area (Å²) in [6, 6.07) is 13.0. The highest BCUT2D eigenvalue weighted by atomic mass is 35.5. The number of nitro benzene ring substituents is 1. The zero-order valence-corrected chi connectivity index (χ0v) is 15.0. The van der Waals surface area contributed by atoms with Crippen molar-refractivity contribution in [3.05, 3.63) is 63.2 Å². The van der Waals surface area contributed by atoms with Gasteiger partial charge in [0.15, 0.2) is 0 Å². The molecule has 2 amide bonds. The van der Waals surface area contributed by atoms with E-state index in [1.165, 1.54) is 6.07 Å². The van der Waals surface area contributed by atoms with Gasteiger partial charge >= 0.3 is 6.03 Å². The quantitative estimate of drug-likeness (QED) is 0.643. The van der Waals surface area contributed by atoms with Crippen LogP contribution in [0.5, 0.6) is 0 Å². The molecule has 1 heterocycles. The van der Waals surface area contributed by atoms with Crippen LogP contribution in [0, 0.1) is 21.4 Å². The van der Waals surface area contributed by atoms with E-state index in [1.54, 1.807) is 41.3 Å². The Hall–Kier alpha value is -3.31. The average Bonchev–Trinajstić information content (AvgIpc) is 2.68. The minimum atomic E-state index is -0.453. The van der Waals surface area contributed by atoms with Gasteiger partial charge in [-0.1, -0.05) is 11.6 Å². The van der Waals surface area contributed by atoms with Gasteiger partial charge in [0.2, 0.25) is 0 Å². The van der Waals surface area contributed by atoms with Gasteiger partial charge in [-0.3, -0.25) is 10.1 Å². The Kier molecular flexibility index (Phi) is 5.43. The number of halogens is 1. The molecule has 9 heteroatoms. The first-order chi connectivity index (χ1) is 13.0. The van der Waals surface area contributed by atoms with Crippen molar-refractivity contribution in [3.8, 4) is 6.07 Å². The number of hydrogen-bond acceptors (Lipinski definition) is 5. The Labute approximate surface area is 160 Å². The van der Waals surface area contributed by atoms with Gasteiger partial charge in [-0.2, -0.15) is 5.26 Å². The van der Waals surface area contributed by atoms with Gasteiger partial charge in [-0.15, -0.1) is 0 Å². The van der Waals surface area contributed by atoms with E-state index < -0.39 is 4.92 Å². The van der Waals surface area contributed by atoms with Crippen LogP contribution in [0.3, 0.4) is 0 Å². The molecule has 0 bridgehead atoms. The smallest absolute Gasteiger partial charge is 0.321 e. The third-order valence-electron chi connectivity index (χ3n) is 4.31. The van der Waals surface area contributed by atoms with Crippen molar-refractivity contribution in [1.29, 1.82) is 5.26 Å². The minimum Gasteiger partial charge on any atom is -0.362 e. The predicted molar refractivity (Wildman–Crippen MR) is 102 cm³/mol. The highest BCUT2D eigenvalue weighted by Crippen LogP contribution is 2.31. The standard InChI is InChI=1S/C18H16ClN5O3/c19-14-3-6-16(17(11-14)24(26)27)22-7-9-23(10-8-22)18(25)21-15-4-1-13(12-20)2-5-15/h1-6,11H,7-10H2,(H,21,25). The molecule has 0 saturated carbocycles. The Balaban J connectivity index is 1.62. The number of amides is 2. The van der Waals surface area contributed by atoms with E-state index in [0.717, 1.165) is 0 Å². The second-order valence-electron chi connectivity index (χ2n) is 5.98. The van der Waals surface area contributed by atoms with Crippen LogP contribution in [-0.2, 0) is 0 Å². The lowest BCUT2D eigenvalue weighted by Gasteiger charge is -2.35. The van der Waals surface area contributed by atoms with Gasteiger partial charge in [0, 0.05) is 43.0 Å². The van der Waals surface area contributed by atoms with E-state index in [1.807, 2.05) is 11.0 Å². The van der Waals surface area contributed by atoms with E-state index in [2.05, 4.69) is 5.32 Å². The molecule has 1 N–H and O–H groups in total. The van der Waals surface area contributed by atoms with E-state index in [9.17, 15) is 14.9 Å². The zero-order chi connectivity index (χ0) is 19.4. The third-order valence-corrected chi connectivity index (χ3v) is 4.54. The summed E-state index contributed by atoms with van der Waals surface area (Å²) in [5, 5.41) is 23.2. The molecule has 1 saturated heterocycles. The monoisotopic (exact) mass is 385 g/mol. The van der Waals surface area contributed by atoms with Gasteiger partial charge in [0.1, 0.15) is 5.69 Å². The van der Waals surface area contributed by atoms with Gasteiger partial charge in [-0.25, -0.2) is 4.79 Å². The number of nitrogens with zero attached hydrogens (tertiary/aromatic N) is 4. The molecule has 8 nitrogen and oxygen atoms in total. The molecule has 2 aromatic carbocycles. The van der Waals surface area contributed by atoms with Crippen molar-refractivity contribution < 1.29 is 9.72 Å². The first-order valence-electron chi connectivity index (χ1n) is 8.23. The molecule has 0 aliphatic carbocycles. The molecular formula is C18H16ClN5O3. The second-order valence-corrected chi connectivity index (χ2v) is 6.42. The maximum Gasteiger partial charge on any atom is 0.321 e. The van der Waals surface area contributed by atoms with Crippen LogP contribution in [-0.4, -0.2) is 42.0 Å². The maximum atomic E-state index is 12.4. The molecule has 0 atom stereocenters. The summed E-state index contributed by atoms with van der Waals surface area (Å²) in [6.07, 6.45) is 0. The summed E-state index contributed by atoms with van der Waals surface area (Å²) >= 11 is 5.86. The third kappa shape index (κ3) is 4.27. The van der Waals surface area contributed by atoms with Crippen molar-refractivity contribution in [3.63, 3.8) is 0 Å². The van der Waals surface area contributed by atoms with Crippen molar-refractivity contribution in [1.82, 2.24) is 4.90 Å². The van der Waals surface area contributed by atoms with Crippen molar-refractivity contribution in [2.24, 2.45) is 0 Å². The minimum absolute atomic E-state index is 0.0435. The lowest BCUT2D eigenvalue weighted by Crippen LogP contribution is -2.50. The number of carbonyl (C=O) groups is 1. The molecule has 2 aromatic rings. The van der Waals surface area contributed by atoms with Crippen LogP contribution in [0.2, 0.25) is 5.02 Å². The van der Waals surface area contributed by atoms with E-state index in [-0.39, 0.29) is 11.7 Å². The van der Waals surface area contributed by atoms with E-state index >= 15 is 0 Å². The SMILES string of the molecule is N#Cc1ccc(NC(=O)N2CCN(c3ccc(Cl)cc3[N+](=O)[O-])CC2)cc1. The van der Waals surface area contributed by atoms with Crippen molar-refractivity contribution in [2.75, 3.05) is 36.4 Å². The van der Waals surface area contributed by atoms with Gasteiger partial charge < -0.3 is 15.1 Å². The molecule has 1 aliphatic heterocycles. The molecule has 27 heavy (non-hydrogen) atoms. The number of benzene rings is 2. The first-order valence-corrected chi connectivity index (χ1v) is 8.60. The van der Waals surface area contributed by atoms with Crippen LogP contribution in [0.15, 0.2) is 42.5 Å². The number of nitro groups is 1. The number of nitriles is 1. The molecule has 138 valence electrons. The van der Waals surface area contributed by atoms with E-state index in [4.69, 9.17) is 16.9 Å². The number of nitrogens with one attached hydrogen (secondary N) is 1. The predicted octanol–water partition coefficient (Wildman–Crippen LogP) is 3.47. The van der Waals surface area contributed by atoms with Gasteiger partial charge in [0.05, 0.1) is 16.6 Å². The molecule has 1 fully saturated rings. The lowest BCUT2D eigenvalue weighted by atomic mass is 10.2. The number of hydrogen-bond donors (Lipinski definition) is 1. The summed E-state index contributed by atoms with van der Waals surface area (Å²) < 4.78 is 0. The summed E-state index contributed by atoms with van der Waals surface area (Å²) in [6.45, 7) is 1.82. The second kappa shape index (κ2) is 7.93. The summed E-state index contributed by atoms with van der Waals surface area (Å²) in [5.41, 5.74) is 1.58. The molecule has 0 radical (unpaired) electrons. The van der Waals surface area contributed by atoms with Crippen LogP contribution >= 0.6 is 11.6 Å². The largest absolute Gasteiger partial charge is 0.362 e. The normalized spacial score (nSPS) is 13.8. The fourth-order valence-electron chi connectivity index (χ4n) is 2.89. The van der Waals surface area contributed by atoms with Crippen LogP contribution < -0.4 is 10.2 Å². The number of carbonyl (C=O) groups excluding carboxylic acids is 1. The van der Waals surface area contributed by atoms with Crippen molar-refractivity contribution >= 4 is 34.7 Å². The Morgan fingerprint density at radius 1 is 1.15 bits per heavy atom.